The van der Waals surface area contributed by atoms with Crippen LogP contribution in [0.2, 0.25) is 0 Å². The standard InChI is InChI=1S/C15H29IN4/c1-2-5-16-20-12-4-8-19-10-9-17-6-3-7-18(11-13-20)14(17)15(19)20/h14-15H,2-13H2,1H3. The van der Waals surface area contributed by atoms with E-state index in [0.717, 1.165) is 12.3 Å². The van der Waals surface area contributed by atoms with Crippen LogP contribution in [0.3, 0.4) is 0 Å². The summed E-state index contributed by atoms with van der Waals surface area (Å²) in [5, 5.41) is 0. The molecule has 0 aromatic carbocycles. The Morgan fingerprint density at radius 3 is 2.50 bits per heavy atom. The number of alkyl halides is 1. The van der Waals surface area contributed by atoms with Crippen molar-refractivity contribution in [1.29, 1.82) is 0 Å². The van der Waals surface area contributed by atoms with Crippen LogP contribution in [0.15, 0.2) is 0 Å². The number of rotatable bonds is 3. The monoisotopic (exact) mass is 392 g/mol. The van der Waals surface area contributed by atoms with Gasteiger partial charge >= 0.3 is 134 Å². The summed E-state index contributed by atoms with van der Waals surface area (Å²) in [4.78, 5) is 8.55. The normalized spacial score (nSPS) is 42.6. The molecule has 3 unspecified atom stereocenters. The van der Waals surface area contributed by atoms with Crippen LogP contribution in [0.25, 0.3) is 0 Å². The summed E-state index contributed by atoms with van der Waals surface area (Å²) in [6.45, 7) is 13.5. The van der Waals surface area contributed by atoms with E-state index in [1.165, 1.54) is 78.7 Å². The third kappa shape index (κ3) is 2.16. The van der Waals surface area contributed by atoms with Gasteiger partial charge in [-0.05, 0) is 0 Å². The number of hydrogen-bond acceptors (Lipinski definition) is 3. The van der Waals surface area contributed by atoms with Gasteiger partial charge < -0.3 is 0 Å². The van der Waals surface area contributed by atoms with Crippen LogP contribution < -0.4 is 21.5 Å². The van der Waals surface area contributed by atoms with E-state index in [1.54, 1.807) is 0 Å². The minimum absolute atomic E-state index is 0.317. The van der Waals surface area contributed by atoms with E-state index >= 15 is 0 Å². The second kappa shape index (κ2) is 5.65. The zero-order valence-electron chi connectivity index (χ0n) is 12.8. The molecule has 4 aliphatic rings. The van der Waals surface area contributed by atoms with Crippen molar-refractivity contribution in [3.05, 3.63) is 0 Å². The van der Waals surface area contributed by atoms with Gasteiger partial charge in [0.2, 0.25) is 0 Å². The first kappa shape index (κ1) is 14.2. The maximum atomic E-state index is 2.89. The van der Waals surface area contributed by atoms with Crippen LogP contribution in [0.5, 0.6) is 0 Å². The maximum absolute atomic E-state index is 2.89. The third-order valence-corrected chi connectivity index (χ3v) is 10.1. The van der Waals surface area contributed by atoms with Crippen molar-refractivity contribution in [2.24, 2.45) is 0 Å². The van der Waals surface area contributed by atoms with Crippen molar-refractivity contribution < 1.29 is 24.2 Å². The van der Waals surface area contributed by atoms with Crippen LogP contribution in [0, 0.1) is 0 Å². The van der Waals surface area contributed by atoms with Crippen LogP contribution in [-0.2, 0) is 0 Å². The van der Waals surface area contributed by atoms with Crippen LogP contribution in [0.1, 0.15) is 26.2 Å². The zero-order chi connectivity index (χ0) is 13.6. The van der Waals surface area contributed by atoms with Gasteiger partial charge in [0.15, 0.2) is 0 Å². The van der Waals surface area contributed by atoms with E-state index in [1.807, 2.05) is 0 Å². The molecule has 0 aliphatic carbocycles. The van der Waals surface area contributed by atoms with Crippen molar-refractivity contribution in [1.82, 2.24) is 14.7 Å². The number of hydrogen-bond donors (Lipinski definition) is 0. The van der Waals surface area contributed by atoms with Gasteiger partial charge in [-0.15, -0.1) is 0 Å². The number of quaternary nitrogens is 1. The van der Waals surface area contributed by atoms with E-state index in [-0.39, 0.29) is 0 Å². The Morgan fingerprint density at radius 2 is 1.65 bits per heavy atom. The quantitative estimate of drug-likeness (QED) is 0.302. The Labute approximate surface area is 134 Å². The summed E-state index contributed by atoms with van der Waals surface area (Å²) in [6.07, 6.45) is 5.85. The van der Waals surface area contributed by atoms with E-state index in [2.05, 4.69) is 21.6 Å². The number of halogens is 1. The van der Waals surface area contributed by atoms with E-state index in [9.17, 15) is 0 Å². The first-order chi connectivity index (χ1) is 9.84. The number of piperazine rings is 2. The molecule has 4 aliphatic heterocycles. The molecule has 4 heterocycles. The van der Waals surface area contributed by atoms with Gasteiger partial charge in [-0.1, -0.05) is 0 Å². The Hall–Kier alpha value is 0.570. The summed E-state index contributed by atoms with van der Waals surface area (Å²) in [7, 11) is 0. The molecule has 0 N–H and O–H groups in total. The molecule has 3 atom stereocenters. The fraction of sp³-hybridized carbons (Fsp3) is 1.00. The Balaban J connectivity index is 1.65. The summed E-state index contributed by atoms with van der Waals surface area (Å²) in [5.41, 5.74) is 0. The molecule has 116 valence electrons. The Bertz CT molecular complexity index is 360. The van der Waals surface area contributed by atoms with Crippen molar-refractivity contribution in [2.45, 2.75) is 38.5 Å². The molecule has 0 radical (unpaired) electrons. The van der Waals surface area contributed by atoms with Gasteiger partial charge in [0, 0.05) is 0 Å². The number of nitrogens with zero attached hydrogens (tertiary/aromatic N) is 4. The van der Waals surface area contributed by atoms with Gasteiger partial charge in [0.25, 0.3) is 0 Å². The first-order valence-corrected chi connectivity index (χ1v) is 11.0. The molecule has 5 heteroatoms. The van der Waals surface area contributed by atoms with Crippen LogP contribution >= 0.6 is 0 Å². The first-order valence-electron chi connectivity index (χ1n) is 8.54. The van der Waals surface area contributed by atoms with Crippen molar-refractivity contribution >= 4 is 0 Å². The van der Waals surface area contributed by atoms with E-state index in [0.29, 0.717) is 21.5 Å². The molecule has 4 nitrogen and oxygen atoms in total. The predicted molar refractivity (Wildman–Crippen MR) is 76.7 cm³/mol. The van der Waals surface area contributed by atoms with Gasteiger partial charge in [-0.3, -0.25) is 0 Å². The molecule has 0 aromatic heterocycles. The molecule has 4 rings (SSSR count). The molecule has 4 fully saturated rings. The van der Waals surface area contributed by atoms with Gasteiger partial charge in [-0.2, -0.15) is 0 Å². The van der Waals surface area contributed by atoms with Gasteiger partial charge in [0.05, 0.1) is 0 Å². The molecule has 20 heavy (non-hydrogen) atoms. The Kier molecular flexibility index (Phi) is 4.00. The molecular weight excluding hydrogens is 363 g/mol. The summed E-state index contributed by atoms with van der Waals surface area (Å²) in [5.74, 6) is 0. The second-order valence-corrected chi connectivity index (χ2v) is 10.5. The fourth-order valence-corrected chi connectivity index (χ4v) is 8.57. The zero-order valence-corrected chi connectivity index (χ0v) is 15.0. The van der Waals surface area contributed by atoms with Crippen molar-refractivity contribution in [3.63, 3.8) is 0 Å². The minimum atomic E-state index is 0.317. The average Bonchev–Trinajstić information content (AvgIpc) is 2.51. The van der Waals surface area contributed by atoms with Crippen LogP contribution in [0.4, 0.5) is 0 Å². The molecule has 0 amide bonds. The molecule has 4 saturated heterocycles. The van der Waals surface area contributed by atoms with E-state index < -0.39 is 0 Å². The van der Waals surface area contributed by atoms with Gasteiger partial charge in [0.1, 0.15) is 0 Å². The second-order valence-electron chi connectivity index (χ2n) is 6.82. The fourth-order valence-electron chi connectivity index (χ4n) is 4.84. The summed E-state index contributed by atoms with van der Waals surface area (Å²) >= 11 is 0.317. The summed E-state index contributed by atoms with van der Waals surface area (Å²) < 4.78 is 3.06. The molecular formula is C15H29IN4. The SMILES string of the molecule is CCC[I-][N+]12CCCN3CCN4CCCN(CC1)C4C32. The van der Waals surface area contributed by atoms with E-state index in [4.69, 9.17) is 0 Å². The third-order valence-electron chi connectivity index (χ3n) is 5.67. The molecule has 0 spiro atoms. The molecule has 0 aromatic rings. The van der Waals surface area contributed by atoms with Crippen LogP contribution in [-0.4, -0.2) is 86.5 Å². The molecule has 0 saturated carbocycles. The van der Waals surface area contributed by atoms with Gasteiger partial charge in [-0.25, -0.2) is 0 Å². The Morgan fingerprint density at radius 1 is 0.900 bits per heavy atom. The predicted octanol–water partition coefficient (Wildman–Crippen LogP) is -2.39. The summed E-state index contributed by atoms with van der Waals surface area (Å²) in [6, 6.07) is 0. The molecule has 0 bridgehead atoms. The van der Waals surface area contributed by atoms with Crippen molar-refractivity contribution in [3.8, 4) is 0 Å². The average molecular weight is 392 g/mol. The van der Waals surface area contributed by atoms with Crippen molar-refractivity contribution in [2.75, 3.05) is 56.8 Å². The topological polar surface area (TPSA) is 9.72 Å².